The minimum Gasteiger partial charge on any atom is -0.380 e. The molecular weight excluding hydrogens is 224 g/mol. The molecule has 2 aliphatic rings. The van der Waals surface area contributed by atoms with Gasteiger partial charge >= 0.3 is 0 Å². The smallest absolute Gasteiger partial charge is 0.0593 e. The summed E-state index contributed by atoms with van der Waals surface area (Å²) in [4.78, 5) is 2.60. The van der Waals surface area contributed by atoms with Gasteiger partial charge in [-0.2, -0.15) is 0 Å². The fraction of sp³-hybridized carbons (Fsp3) is 1.00. The summed E-state index contributed by atoms with van der Waals surface area (Å²) in [6, 6.07) is 0.753. The minimum atomic E-state index is 0.753. The van der Waals surface area contributed by atoms with E-state index in [2.05, 4.69) is 24.1 Å². The highest BCUT2D eigenvalue weighted by Crippen LogP contribution is 2.33. The van der Waals surface area contributed by atoms with Gasteiger partial charge in [0, 0.05) is 25.7 Å². The van der Waals surface area contributed by atoms with Gasteiger partial charge < -0.3 is 10.1 Å². The van der Waals surface area contributed by atoms with Crippen molar-refractivity contribution in [3.8, 4) is 0 Å². The third-order valence-electron chi connectivity index (χ3n) is 4.09. The number of rotatable bonds is 7. The molecule has 1 aliphatic heterocycles. The van der Waals surface area contributed by atoms with Gasteiger partial charge in [0.2, 0.25) is 0 Å². The third kappa shape index (κ3) is 5.25. The summed E-state index contributed by atoms with van der Waals surface area (Å²) in [6.07, 6.45) is 5.36. The molecule has 3 heteroatoms. The van der Waals surface area contributed by atoms with Gasteiger partial charge in [-0.1, -0.05) is 13.8 Å². The lowest BCUT2D eigenvalue weighted by molar-refractivity contribution is 0.0947. The van der Waals surface area contributed by atoms with Crippen LogP contribution in [0.5, 0.6) is 0 Å². The van der Waals surface area contributed by atoms with Gasteiger partial charge in [-0.05, 0) is 50.6 Å². The van der Waals surface area contributed by atoms with Crippen LogP contribution < -0.4 is 5.32 Å². The number of hydrogen-bond donors (Lipinski definition) is 1. The Balaban J connectivity index is 1.58. The standard InChI is InChI=1S/C15H30N2O/c1-13(2)6-10-18-11-9-17-8-3-7-16-15(12-17)14-4-5-14/h13-16H,3-12H2,1-2H3. The van der Waals surface area contributed by atoms with Crippen molar-refractivity contribution in [1.29, 1.82) is 0 Å². The van der Waals surface area contributed by atoms with Crippen LogP contribution in [-0.4, -0.2) is 50.3 Å². The molecule has 106 valence electrons. The fourth-order valence-corrected chi connectivity index (χ4v) is 2.66. The maximum Gasteiger partial charge on any atom is 0.0593 e. The van der Waals surface area contributed by atoms with E-state index in [9.17, 15) is 0 Å². The van der Waals surface area contributed by atoms with E-state index in [1.54, 1.807) is 0 Å². The zero-order valence-electron chi connectivity index (χ0n) is 12.2. The molecule has 0 aromatic rings. The largest absolute Gasteiger partial charge is 0.380 e. The Labute approximate surface area is 112 Å². The zero-order chi connectivity index (χ0) is 12.8. The first-order valence-corrected chi connectivity index (χ1v) is 7.79. The lowest BCUT2D eigenvalue weighted by Crippen LogP contribution is -2.40. The Hall–Kier alpha value is -0.120. The van der Waals surface area contributed by atoms with Crippen LogP contribution in [0.1, 0.15) is 39.5 Å². The summed E-state index contributed by atoms with van der Waals surface area (Å²) in [5.74, 6) is 1.72. The number of ether oxygens (including phenoxy) is 1. The summed E-state index contributed by atoms with van der Waals surface area (Å²) >= 11 is 0. The van der Waals surface area contributed by atoms with Crippen molar-refractivity contribution in [2.24, 2.45) is 11.8 Å². The lowest BCUT2D eigenvalue weighted by atomic mass is 10.1. The molecule has 3 nitrogen and oxygen atoms in total. The van der Waals surface area contributed by atoms with Gasteiger partial charge in [-0.25, -0.2) is 0 Å². The van der Waals surface area contributed by atoms with Gasteiger partial charge in [0.25, 0.3) is 0 Å². The van der Waals surface area contributed by atoms with Crippen LogP contribution in [-0.2, 0) is 4.74 Å². The number of hydrogen-bond acceptors (Lipinski definition) is 3. The Kier molecular flexibility index (Phi) is 5.93. The molecule has 1 saturated carbocycles. The normalized spacial score (nSPS) is 26.5. The molecule has 1 heterocycles. The molecule has 1 atom stereocenters. The Morgan fingerprint density at radius 1 is 1.28 bits per heavy atom. The van der Waals surface area contributed by atoms with E-state index in [0.29, 0.717) is 0 Å². The second kappa shape index (κ2) is 7.46. The molecule has 1 unspecified atom stereocenters. The van der Waals surface area contributed by atoms with E-state index >= 15 is 0 Å². The van der Waals surface area contributed by atoms with Gasteiger partial charge in [0.05, 0.1) is 6.61 Å². The van der Waals surface area contributed by atoms with Crippen molar-refractivity contribution in [3.05, 3.63) is 0 Å². The van der Waals surface area contributed by atoms with Crippen LogP contribution in [0, 0.1) is 11.8 Å². The summed E-state index contributed by atoms with van der Waals surface area (Å²) < 4.78 is 5.74. The Bertz CT molecular complexity index is 229. The topological polar surface area (TPSA) is 24.5 Å². The number of nitrogens with one attached hydrogen (secondary N) is 1. The Morgan fingerprint density at radius 2 is 2.11 bits per heavy atom. The summed E-state index contributed by atoms with van der Waals surface area (Å²) in [5.41, 5.74) is 0. The van der Waals surface area contributed by atoms with Gasteiger partial charge in [-0.3, -0.25) is 4.90 Å². The highest BCUT2D eigenvalue weighted by molar-refractivity contribution is 4.89. The molecule has 0 bridgehead atoms. The van der Waals surface area contributed by atoms with E-state index in [1.807, 2.05) is 0 Å². The van der Waals surface area contributed by atoms with Crippen LogP contribution in [0.4, 0.5) is 0 Å². The average Bonchev–Trinajstić information content (AvgIpc) is 3.15. The monoisotopic (exact) mass is 254 g/mol. The molecule has 0 aromatic heterocycles. The van der Waals surface area contributed by atoms with Crippen molar-refractivity contribution in [1.82, 2.24) is 10.2 Å². The van der Waals surface area contributed by atoms with Crippen molar-refractivity contribution in [2.75, 3.05) is 39.4 Å². The summed E-state index contributed by atoms with van der Waals surface area (Å²) in [5, 5.41) is 3.71. The average molecular weight is 254 g/mol. The van der Waals surface area contributed by atoms with Crippen LogP contribution >= 0.6 is 0 Å². The molecule has 18 heavy (non-hydrogen) atoms. The molecule has 0 spiro atoms. The fourth-order valence-electron chi connectivity index (χ4n) is 2.66. The quantitative estimate of drug-likeness (QED) is 0.704. The van der Waals surface area contributed by atoms with E-state index < -0.39 is 0 Å². The minimum absolute atomic E-state index is 0.753. The SMILES string of the molecule is CC(C)CCOCCN1CCCNC(C2CC2)C1. The van der Waals surface area contributed by atoms with Gasteiger partial charge in [0.1, 0.15) is 0 Å². The van der Waals surface area contributed by atoms with E-state index in [0.717, 1.165) is 37.6 Å². The highest BCUT2D eigenvalue weighted by Gasteiger charge is 2.32. The second-order valence-corrected chi connectivity index (χ2v) is 6.35. The van der Waals surface area contributed by atoms with Crippen molar-refractivity contribution < 1.29 is 4.74 Å². The first-order valence-electron chi connectivity index (χ1n) is 7.79. The zero-order valence-corrected chi connectivity index (χ0v) is 12.2. The maximum atomic E-state index is 5.74. The van der Waals surface area contributed by atoms with E-state index in [4.69, 9.17) is 4.74 Å². The molecule has 1 N–H and O–H groups in total. The molecule has 1 aliphatic carbocycles. The molecule has 1 saturated heterocycles. The first-order chi connectivity index (χ1) is 8.75. The maximum absolute atomic E-state index is 5.74. The Morgan fingerprint density at radius 3 is 2.83 bits per heavy atom. The molecule has 0 radical (unpaired) electrons. The molecule has 2 rings (SSSR count). The summed E-state index contributed by atoms with van der Waals surface area (Å²) in [7, 11) is 0. The van der Waals surface area contributed by atoms with Crippen LogP contribution in [0.25, 0.3) is 0 Å². The van der Waals surface area contributed by atoms with Gasteiger partial charge in [0.15, 0.2) is 0 Å². The third-order valence-corrected chi connectivity index (χ3v) is 4.09. The second-order valence-electron chi connectivity index (χ2n) is 6.35. The van der Waals surface area contributed by atoms with Crippen LogP contribution in [0.3, 0.4) is 0 Å². The van der Waals surface area contributed by atoms with E-state index in [-0.39, 0.29) is 0 Å². The van der Waals surface area contributed by atoms with Gasteiger partial charge in [-0.15, -0.1) is 0 Å². The molecular formula is C15H30N2O. The van der Waals surface area contributed by atoms with Crippen LogP contribution in [0.2, 0.25) is 0 Å². The van der Waals surface area contributed by atoms with Crippen molar-refractivity contribution in [3.63, 3.8) is 0 Å². The molecule has 2 fully saturated rings. The van der Waals surface area contributed by atoms with Crippen molar-refractivity contribution >= 4 is 0 Å². The predicted octanol–water partition coefficient (Wildman–Crippen LogP) is 2.12. The first kappa shape index (κ1) is 14.3. The molecule has 0 amide bonds. The van der Waals surface area contributed by atoms with E-state index in [1.165, 1.54) is 45.3 Å². The summed E-state index contributed by atoms with van der Waals surface area (Å²) in [6.45, 7) is 11.1. The molecule has 0 aromatic carbocycles. The highest BCUT2D eigenvalue weighted by atomic mass is 16.5. The lowest BCUT2D eigenvalue weighted by Gasteiger charge is -2.24. The van der Waals surface area contributed by atoms with Crippen molar-refractivity contribution in [2.45, 2.75) is 45.6 Å². The number of nitrogens with zero attached hydrogens (tertiary/aromatic N) is 1. The predicted molar refractivity (Wildman–Crippen MR) is 75.8 cm³/mol. The van der Waals surface area contributed by atoms with Crippen LogP contribution in [0.15, 0.2) is 0 Å².